The van der Waals surface area contributed by atoms with E-state index in [1.807, 2.05) is 13.8 Å². The quantitative estimate of drug-likeness (QED) is 0.747. The van der Waals surface area contributed by atoms with Crippen LogP contribution in [0.3, 0.4) is 0 Å². The number of nitrogens with zero attached hydrogens (tertiary/aromatic N) is 4. The summed E-state index contributed by atoms with van der Waals surface area (Å²) in [5.74, 6) is 0.481. The summed E-state index contributed by atoms with van der Waals surface area (Å²) in [5, 5.41) is 10.7. The van der Waals surface area contributed by atoms with Crippen molar-refractivity contribution in [2.45, 2.75) is 20.8 Å². The van der Waals surface area contributed by atoms with Crippen molar-refractivity contribution in [2.24, 2.45) is 10.2 Å². The van der Waals surface area contributed by atoms with Gasteiger partial charge in [0.15, 0.2) is 11.6 Å². The summed E-state index contributed by atoms with van der Waals surface area (Å²) in [6.07, 6.45) is -0.455. The van der Waals surface area contributed by atoms with Crippen molar-refractivity contribution < 1.29 is 14.3 Å². The molecular weight excluding hydrogens is 348 g/mol. The smallest absolute Gasteiger partial charge is 0.408 e. The van der Waals surface area contributed by atoms with E-state index in [0.717, 1.165) is 0 Å². The molecule has 1 heterocycles. The van der Waals surface area contributed by atoms with Crippen LogP contribution < -0.4 is 15.8 Å². The van der Waals surface area contributed by atoms with Crippen LogP contribution in [-0.2, 0) is 4.79 Å². The number of aromatic nitrogens is 1. The molecule has 0 saturated heterocycles. The highest BCUT2D eigenvalue weighted by Gasteiger charge is 2.14. The molecule has 3 N–H and O–H groups in total. The molecule has 2 rings (SSSR count). The van der Waals surface area contributed by atoms with E-state index in [0.29, 0.717) is 36.0 Å². The molecule has 0 fully saturated rings. The molecule has 0 atom stereocenters. The Kier molecular flexibility index (Phi) is 6.81. The lowest BCUT2D eigenvalue weighted by atomic mass is 10.3. The Morgan fingerprint density at radius 2 is 1.78 bits per heavy atom. The van der Waals surface area contributed by atoms with E-state index < -0.39 is 6.09 Å². The van der Waals surface area contributed by atoms with Gasteiger partial charge in [-0.15, -0.1) is 10.2 Å². The topological polar surface area (TPSA) is 122 Å². The molecule has 0 aliphatic carbocycles. The van der Waals surface area contributed by atoms with Crippen molar-refractivity contribution in [3.8, 4) is 5.75 Å². The zero-order valence-electron chi connectivity index (χ0n) is 15.5. The van der Waals surface area contributed by atoms with Crippen LogP contribution in [0, 0.1) is 0 Å². The van der Waals surface area contributed by atoms with Crippen molar-refractivity contribution in [2.75, 3.05) is 24.1 Å². The van der Waals surface area contributed by atoms with E-state index in [1.54, 1.807) is 41.3 Å². The highest BCUT2D eigenvalue weighted by Crippen LogP contribution is 2.30. The molecule has 1 aromatic carbocycles. The highest BCUT2D eigenvalue weighted by molar-refractivity contribution is 5.88. The number of nitrogens with one attached hydrogen (secondary N) is 1. The molecule has 0 aliphatic rings. The number of anilines is 2. The Balaban J connectivity index is 2.20. The van der Waals surface area contributed by atoms with Crippen molar-refractivity contribution in [1.29, 1.82) is 0 Å². The number of carbonyl (C=O) groups is 2. The molecular formula is C18H22N6O3. The van der Waals surface area contributed by atoms with Gasteiger partial charge in [0.1, 0.15) is 17.2 Å². The van der Waals surface area contributed by atoms with Gasteiger partial charge in [0.05, 0.1) is 0 Å². The fourth-order valence-corrected chi connectivity index (χ4v) is 2.18. The third-order valence-electron chi connectivity index (χ3n) is 3.56. The maximum Gasteiger partial charge on any atom is 0.415 e. The summed E-state index contributed by atoms with van der Waals surface area (Å²) < 4.78 is 5.41. The number of hydrogen-bond acceptors (Lipinski definition) is 7. The number of para-hydroxylation sites is 1. The zero-order chi connectivity index (χ0) is 19.8. The number of ether oxygens (including phenoxy) is 1. The van der Waals surface area contributed by atoms with Gasteiger partial charge in [-0.1, -0.05) is 12.1 Å². The van der Waals surface area contributed by atoms with Gasteiger partial charge in [-0.05, 0) is 38.1 Å². The van der Waals surface area contributed by atoms with Gasteiger partial charge >= 0.3 is 6.09 Å². The van der Waals surface area contributed by atoms with E-state index in [2.05, 4.69) is 20.5 Å². The lowest BCUT2D eigenvalue weighted by molar-refractivity contribution is -0.114. The molecule has 9 heteroatoms. The zero-order valence-corrected chi connectivity index (χ0v) is 15.5. The summed E-state index contributed by atoms with van der Waals surface area (Å²) in [6.45, 7) is 6.21. The van der Waals surface area contributed by atoms with Crippen molar-refractivity contribution in [3.63, 3.8) is 0 Å². The van der Waals surface area contributed by atoms with Crippen LogP contribution >= 0.6 is 0 Å². The van der Waals surface area contributed by atoms with E-state index in [-0.39, 0.29) is 11.7 Å². The van der Waals surface area contributed by atoms with Crippen molar-refractivity contribution in [1.82, 2.24) is 9.88 Å². The number of nitrogen functional groups attached to an aromatic ring is 1. The predicted molar refractivity (Wildman–Crippen MR) is 103 cm³/mol. The normalized spacial score (nSPS) is 10.6. The standard InChI is InChI=1S/C18H22N6O3/c1-4-24(5-2)18(26)27-15-9-7-6-8-13(15)22-23-14-10-11-16(20-12(3)25)21-17(14)19/h6-11H,4-5H2,1-3H3,(H3,19,20,21,25)/b23-22+. The average Bonchev–Trinajstić information content (AvgIpc) is 2.62. The summed E-state index contributed by atoms with van der Waals surface area (Å²) in [7, 11) is 0. The summed E-state index contributed by atoms with van der Waals surface area (Å²) in [6, 6.07) is 9.95. The second-order valence-corrected chi connectivity index (χ2v) is 5.49. The lowest BCUT2D eigenvalue weighted by Gasteiger charge is -2.18. The largest absolute Gasteiger partial charge is 0.415 e. The van der Waals surface area contributed by atoms with E-state index in [4.69, 9.17) is 10.5 Å². The van der Waals surface area contributed by atoms with Gasteiger partial charge in [0.25, 0.3) is 0 Å². The predicted octanol–water partition coefficient (Wildman–Crippen LogP) is 3.88. The number of carbonyl (C=O) groups excluding carboxylic acids is 2. The summed E-state index contributed by atoms with van der Waals surface area (Å²) in [4.78, 5) is 28.8. The van der Waals surface area contributed by atoms with Crippen molar-refractivity contribution >= 4 is 35.0 Å². The molecule has 2 aromatic rings. The van der Waals surface area contributed by atoms with Crippen LogP contribution in [0.1, 0.15) is 20.8 Å². The molecule has 0 spiro atoms. The lowest BCUT2D eigenvalue weighted by Crippen LogP contribution is -2.33. The molecule has 0 bridgehead atoms. The second-order valence-electron chi connectivity index (χ2n) is 5.49. The van der Waals surface area contributed by atoms with Gasteiger partial charge in [0, 0.05) is 20.0 Å². The number of nitrogens with two attached hydrogens (primary N) is 1. The van der Waals surface area contributed by atoms with Crippen LogP contribution in [-0.4, -0.2) is 35.0 Å². The van der Waals surface area contributed by atoms with Crippen molar-refractivity contribution in [3.05, 3.63) is 36.4 Å². The van der Waals surface area contributed by atoms with E-state index in [9.17, 15) is 9.59 Å². The third-order valence-corrected chi connectivity index (χ3v) is 3.56. The van der Waals surface area contributed by atoms with Gasteiger partial charge in [0.2, 0.25) is 5.91 Å². The van der Waals surface area contributed by atoms with Gasteiger partial charge in [-0.25, -0.2) is 9.78 Å². The Morgan fingerprint density at radius 3 is 2.41 bits per heavy atom. The number of azo groups is 1. The minimum atomic E-state index is -0.455. The number of benzene rings is 1. The number of hydrogen-bond donors (Lipinski definition) is 2. The second kappa shape index (κ2) is 9.27. The molecule has 0 unspecified atom stereocenters. The van der Waals surface area contributed by atoms with Gasteiger partial charge < -0.3 is 20.7 Å². The third kappa shape index (κ3) is 5.50. The van der Waals surface area contributed by atoms with E-state index >= 15 is 0 Å². The highest BCUT2D eigenvalue weighted by atomic mass is 16.6. The number of rotatable bonds is 6. The first-order valence-corrected chi connectivity index (χ1v) is 8.46. The maximum atomic E-state index is 12.1. The molecule has 0 radical (unpaired) electrons. The molecule has 1 aromatic heterocycles. The summed E-state index contributed by atoms with van der Waals surface area (Å²) in [5.41, 5.74) is 6.55. The Morgan fingerprint density at radius 1 is 1.11 bits per heavy atom. The fourth-order valence-electron chi connectivity index (χ4n) is 2.18. The molecule has 0 aliphatic heterocycles. The number of amides is 2. The molecule has 27 heavy (non-hydrogen) atoms. The minimum absolute atomic E-state index is 0.114. The minimum Gasteiger partial charge on any atom is -0.408 e. The summed E-state index contributed by atoms with van der Waals surface area (Å²) >= 11 is 0. The van der Waals surface area contributed by atoms with Crippen LogP contribution in [0.25, 0.3) is 0 Å². The Labute approximate surface area is 157 Å². The molecule has 0 saturated carbocycles. The monoisotopic (exact) mass is 370 g/mol. The van der Waals surface area contributed by atoms with Gasteiger partial charge in [-0.3, -0.25) is 4.79 Å². The molecule has 2 amide bonds. The first kappa shape index (κ1) is 19.8. The first-order valence-electron chi connectivity index (χ1n) is 8.46. The van der Waals surface area contributed by atoms with Crippen LogP contribution in [0.15, 0.2) is 46.6 Å². The fraction of sp³-hybridized carbons (Fsp3) is 0.278. The molecule has 142 valence electrons. The van der Waals surface area contributed by atoms with Crippen LogP contribution in [0.4, 0.5) is 27.8 Å². The average molecular weight is 370 g/mol. The number of pyridine rings is 1. The van der Waals surface area contributed by atoms with Crippen LogP contribution in [0.2, 0.25) is 0 Å². The maximum absolute atomic E-state index is 12.1. The van der Waals surface area contributed by atoms with Gasteiger partial charge in [-0.2, -0.15) is 0 Å². The van der Waals surface area contributed by atoms with Crippen LogP contribution in [0.5, 0.6) is 5.75 Å². The van der Waals surface area contributed by atoms with E-state index in [1.165, 1.54) is 6.92 Å². The first-order chi connectivity index (χ1) is 12.9. The Hall–Kier alpha value is -3.49. The SMILES string of the molecule is CCN(CC)C(=O)Oc1ccccc1/N=N/c1ccc(NC(C)=O)nc1N. The molecule has 9 nitrogen and oxygen atoms in total. The Bertz CT molecular complexity index is 849.